The molecular weight excluding hydrogens is 194 g/mol. The van der Waals surface area contributed by atoms with Gasteiger partial charge in [-0.1, -0.05) is 6.07 Å². The van der Waals surface area contributed by atoms with Gasteiger partial charge in [-0.25, -0.2) is 0 Å². The molecule has 0 unspecified atom stereocenters. The lowest BCUT2D eigenvalue weighted by atomic mass is 10.1. The van der Waals surface area contributed by atoms with Crippen LogP contribution in [0.3, 0.4) is 0 Å². The van der Waals surface area contributed by atoms with Gasteiger partial charge in [0.25, 0.3) is 0 Å². The van der Waals surface area contributed by atoms with Crippen LogP contribution in [-0.2, 0) is 11.2 Å². The first-order chi connectivity index (χ1) is 7.18. The summed E-state index contributed by atoms with van der Waals surface area (Å²) in [5, 5.41) is 18.2. The fraction of sp³-hybridized carbons (Fsp3) is 0.364. The summed E-state index contributed by atoms with van der Waals surface area (Å²) in [6.45, 7) is 1.30. The molecule has 0 amide bonds. The fourth-order valence-corrected chi connectivity index (χ4v) is 1.95. The van der Waals surface area contributed by atoms with Crippen molar-refractivity contribution in [1.29, 1.82) is 0 Å². The standard InChI is InChI=1S/C11H13NO3/c13-10-3-1-2-9-8(10)4-6-12(9)7-5-11(14)15/h1-3,13H,4-7H2,(H,14,15). The summed E-state index contributed by atoms with van der Waals surface area (Å²) >= 11 is 0. The Hall–Kier alpha value is -1.71. The second-order valence-corrected chi connectivity index (χ2v) is 3.66. The number of aliphatic carboxylic acids is 1. The highest BCUT2D eigenvalue weighted by molar-refractivity contribution is 5.69. The zero-order valence-corrected chi connectivity index (χ0v) is 8.31. The van der Waals surface area contributed by atoms with Crippen molar-refractivity contribution >= 4 is 11.7 Å². The number of phenolic OH excluding ortho intramolecular Hbond substituents is 1. The number of carboxylic acids is 1. The summed E-state index contributed by atoms with van der Waals surface area (Å²) < 4.78 is 0. The fourth-order valence-electron chi connectivity index (χ4n) is 1.95. The first-order valence-electron chi connectivity index (χ1n) is 4.96. The largest absolute Gasteiger partial charge is 0.508 e. The van der Waals surface area contributed by atoms with Crippen molar-refractivity contribution in [2.45, 2.75) is 12.8 Å². The van der Waals surface area contributed by atoms with Gasteiger partial charge < -0.3 is 15.1 Å². The number of hydrogen-bond donors (Lipinski definition) is 2. The monoisotopic (exact) mass is 207 g/mol. The molecule has 1 aliphatic rings. The maximum atomic E-state index is 10.5. The zero-order chi connectivity index (χ0) is 10.8. The van der Waals surface area contributed by atoms with Gasteiger partial charge in [0, 0.05) is 24.3 Å². The van der Waals surface area contributed by atoms with Crippen LogP contribution in [0.2, 0.25) is 0 Å². The third-order valence-electron chi connectivity index (χ3n) is 2.69. The van der Waals surface area contributed by atoms with Gasteiger partial charge in [-0.3, -0.25) is 4.79 Å². The molecule has 4 nitrogen and oxygen atoms in total. The molecule has 0 spiro atoms. The molecular formula is C11H13NO3. The molecule has 1 aliphatic heterocycles. The number of phenols is 1. The SMILES string of the molecule is O=C(O)CCN1CCc2c(O)cccc21. The average molecular weight is 207 g/mol. The van der Waals surface area contributed by atoms with Crippen LogP contribution in [-0.4, -0.2) is 29.3 Å². The molecule has 0 atom stereocenters. The minimum Gasteiger partial charge on any atom is -0.508 e. The molecule has 2 N–H and O–H groups in total. The predicted octanol–water partition coefficient (Wildman–Crippen LogP) is 1.23. The topological polar surface area (TPSA) is 60.8 Å². The van der Waals surface area contributed by atoms with E-state index in [0.29, 0.717) is 12.3 Å². The van der Waals surface area contributed by atoms with Crippen molar-refractivity contribution in [1.82, 2.24) is 0 Å². The Morgan fingerprint density at radius 3 is 3.00 bits per heavy atom. The van der Waals surface area contributed by atoms with E-state index in [-0.39, 0.29) is 6.42 Å². The van der Waals surface area contributed by atoms with E-state index in [0.717, 1.165) is 24.2 Å². The van der Waals surface area contributed by atoms with Gasteiger partial charge >= 0.3 is 5.97 Å². The third-order valence-corrected chi connectivity index (χ3v) is 2.69. The Kier molecular flexibility index (Phi) is 2.49. The normalized spacial score (nSPS) is 14.0. The van der Waals surface area contributed by atoms with E-state index < -0.39 is 5.97 Å². The molecule has 2 rings (SSSR count). The van der Waals surface area contributed by atoms with Gasteiger partial charge in [0.2, 0.25) is 0 Å². The van der Waals surface area contributed by atoms with E-state index in [1.807, 2.05) is 11.0 Å². The number of hydrogen-bond acceptors (Lipinski definition) is 3. The second-order valence-electron chi connectivity index (χ2n) is 3.66. The van der Waals surface area contributed by atoms with Crippen LogP contribution in [0.1, 0.15) is 12.0 Å². The van der Waals surface area contributed by atoms with Gasteiger partial charge in [0.05, 0.1) is 6.42 Å². The quantitative estimate of drug-likeness (QED) is 0.782. The second kappa shape index (κ2) is 3.81. The lowest BCUT2D eigenvalue weighted by molar-refractivity contribution is -0.136. The van der Waals surface area contributed by atoms with Crippen LogP contribution in [0, 0.1) is 0 Å². The third kappa shape index (κ3) is 1.88. The highest BCUT2D eigenvalue weighted by Crippen LogP contribution is 2.33. The van der Waals surface area contributed by atoms with E-state index in [1.54, 1.807) is 12.1 Å². The highest BCUT2D eigenvalue weighted by Gasteiger charge is 2.21. The summed E-state index contributed by atoms with van der Waals surface area (Å²) in [4.78, 5) is 12.5. The number of fused-ring (bicyclic) bond motifs is 1. The Labute approximate surface area is 87.8 Å². The average Bonchev–Trinajstić information content (AvgIpc) is 2.59. The Morgan fingerprint density at radius 2 is 2.27 bits per heavy atom. The first kappa shape index (κ1) is 9.83. The lowest BCUT2D eigenvalue weighted by Crippen LogP contribution is -2.23. The van der Waals surface area contributed by atoms with Crippen molar-refractivity contribution in [3.05, 3.63) is 23.8 Å². The lowest BCUT2D eigenvalue weighted by Gasteiger charge is -2.17. The number of anilines is 1. The van der Waals surface area contributed by atoms with Gasteiger partial charge in [-0.15, -0.1) is 0 Å². The molecule has 0 fully saturated rings. The summed E-state index contributed by atoms with van der Waals surface area (Å²) in [6, 6.07) is 5.37. The Morgan fingerprint density at radius 1 is 1.47 bits per heavy atom. The Bertz CT molecular complexity index is 389. The van der Waals surface area contributed by atoms with Crippen molar-refractivity contribution < 1.29 is 15.0 Å². The van der Waals surface area contributed by atoms with E-state index in [1.165, 1.54) is 0 Å². The van der Waals surface area contributed by atoms with Crippen LogP contribution in [0.5, 0.6) is 5.75 Å². The smallest absolute Gasteiger partial charge is 0.305 e. The van der Waals surface area contributed by atoms with Gasteiger partial charge in [0.1, 0.15) is 5.75 Å². The molecule has 0 aliphatic carbocycles. The van der Waals surface area contributed by atoms with E-state index in [4.69, 9.17) is 5.11 Å². The molecule has 0 bridgehead atoms. The molecule has 4 heteroatoms. The summed E-state index contributed by atoms with van der Waals surface area (Å²) in [6.07, 6.45) is 0.927. The number of carbonyl (C=O) groups is 1. The maximum Gasteiger partial charge on any atom is 0.305 e. The highest BCUT2D eigenvalue weighted by atomic mass is 16.4. The molecule has 0 radical (unpaired) electrons. The van der Waals surface area contributed by atoms with Crippen molar-refractivity contribution in [2.75, 3.05) is 18.0 Å². The molecule has 1 aromatic carbocycles. The molecule has 0 saturated heterocycles. The summed E-state index contributed by atoms with van der Waals surface area (Å²) in [7, 11) is 0. The Balaban J connectivity index is 2.14. The number of carboxylic acid groups (broad SMARTS) is 1. The van der Waals surface area contributed by atoms with E-state index in [9.17, 15) is 9.90 Å². The maximum absolute atomic E-state index is 10.5. The molecule has 0 saturated carbocycles. The van der Waals surface area contributed by atoms with E-state index >= 15 is 0 Å². The molecule has 0 aromatic heterocycles. The molecule has 15 heavy (non-hydrogen) atoms. The van der Waals surface area contributed by atoms with Crippen molar-refractivity contribution in [2.24, 2.45) is 0 Å². The minimum absolute atomic E-state index is 0.134. The first-order valence-corrected chi connectivity index (χ1v) is 4.96. The number of aromatic hydroxyl groups is 1. The van der Waals surface area contributed by atoms with Crippen LogP contribution < -0.4 is 4.90 Å². The van der Waals surface area contributed by atoms with Crippen LogP contribution in [0.4, 0.5) is 5.69 Å². The number of benzene rings is 1. The summed E-state index contributed by atoms with van der Waals surface area (Å²) in [5.41, 5.74) is 1.90. The van der Waals surface area contributed by atoms with Crippen LogP contribution in [0.25, 0.3) is 0 Å². The molecule has 1 heterocycles. The number of nitrogens with zero attached hydrogens (tertiary/aromatic N) is 1. The molecule has 1 aromatic rings. The minimum atomic E-state index is -0.788. The predicted molar refractivity (Wildman–Crippen MR) is 56.3 cm³/mol. The van der Waals surface area contributed by atoms with E-state index in [2.05, 4.69) is 0 Å². The van der Waals surface area contributed by atoms with Crippen LogP contribution >= 0.6 is 0 Å². The zero-order valence-electron chi connectivity index (χ0n) is 8.31. The molecule has 80 valence electrons. The van der Waals surface area contributed by atoms with Gasteiger partial charge in [0.15, 0.2) is 0 Å². The van der Waals surface area contributed by atoms with Crippen molar-refractivity contribution in [3.8, 4) is 5.75 Å². The van der Waals surface area contributed by atoms with Crippen LogP contribution in [0.15, 0.2) is 18.2 Å². The van der Waals surface area contributed by atoms with Gasteiger partial charge in [-0.05, 0) is 18.6 Å². The number of rotatable bonds is 3. The summed E-state index contributed by atoms with van der Waals surface area (Å²) in [5.74, 6) is -0.478. The van der Waals surface area contributed by atoms with Gasteiger partial charge in [-0.2, -0.15) is 0 Å². The van der Waals surface area contributed by atoms with Crippen molar-refractivity contribution in [3.63, 3.8) is 0 Å².